The molecule has 0 saturated carbocycles. The van der Waals surface area contributed by atoms with Crippen molar-refractivity contribution in [1.82, 2.24) is 0 Å². The number of alkyl halides is 1. The number of aromatic hydroxyl groups is 1. The number of phenols is 1. The molecular weight excluding hydrogens is 204 g/mol. The molecule has 0 saturated heterocycles. The van der Waals surface area contributed by atoms with Crippen molar-refractivity contribution in [3.8, 4) is 11.8 Å². The van der Waals surface area contributed by atoms with Gasteiger partial charge in [-0.1, -0.05) is 0 Å². The Morgan fingerprint density at radius 3 is 2.79 bits per heavy atom. The highest BCUT2D eigenvalue weighted by atomic mass is 35.5. The number of nitrogens with zero attached hydrogens (tertiary/aromatic N) is 1. The maximum atomic E-state index is 11.3. The van der Waals surface area contributed by atoms with E-state index >= 15 is 0 Å². The maximum absolute atomic E-state index is 11.3. The second kappa shape index (κ2) is 3.99. The van der Waals surface area contributed by atoms with Gasteiger partial charge in [0.1, 0.15) is 11.8 Å². The molecule has 0 heterocycles. The van der Waals surface area contributed by atoms with Gasteiger partial charge in [-0.2, -0.15) is 5.26 Å². The van der Waals surface area contributed by atoms with E-state index in [0.29, 0.717) is 0 Å². The highest BCUT2D eigenvalue weighted by Crippen LogP contribution is 2.26. The normalized spacial score (nSPS) is 9.43. The maximum Gasteiger partial charge on any atom is 0.182 e. The Labute approximate surface area is 85.5 Å². The van der Waals surface area contributed by atoms with Crippen LogP contribution in [0.25, 0.3) is 0 Å². The molecule has 0 aliphatic heterocycles. The van der Waals surface area contributed by atoms with Gasteiger partial charge in [0.25, 0.3) is 0 Å². The number of rotatable bonds is 2. The Hall–Kier alpha value is -1.73. The Kier molecular flexibility index (Phi) is 2.95. The second-order valence-electron chi connectivity index (χ2n) is 2.59. The monoisotopic (exact) mass is 210 g/mol. The van der Waals surface area contributed by atoms with Crippen LogP contribution in [0.5, 0.6) is 5.75 Å². The molecule has 0 bridgehead atoms. The lowest BCUT2D eigenvalue weighted by Crippen LogP contribution is -2.06. The molecule has 0 aromatic heterocycles. The van der Waals surface area contributed by atoms with E-state index in [1.165, 1.54) is 12.1 Å². The minimum absolute atomic E-state index is 0.0318. The molecule has 0 aliphatic rings. The van der Waals surface area contributed by atoms with Crippen molar-refractivity contribution in [2.24, 2.45) is 0 Å². The van der Waals surface area contributed by atoms with Crippen LogP contribution in [-0.4, -0.2) is 16.8 Å². The van der Waals surface area contributed by atoms with Gasteiger partial charge in [-0.25, -0.2) is 0 Å². The zero-order valence-electron chi connectivity index (χ0n) is 7.12. The van der Waals surface area contributed by atoms with Crippen LogP contribution in [0.2, 0.25) is 0 Å². The van der Waals surface area contributed by atoms with Crippen LogP contribution in [0.1, 0.15) is 15.9 Å². The number of benzene rings is 1. The van der Waals surface area contributed by atoms with Crippen LogP contribution >= 0.6 is 11.6 Å². The minimum Gasteiger partial charge on any atom is -0.507 e. The summed E-state index contributed by atoms with van der Waals surface area (Å²) in [5.74, 6) is -1.10. The Morgan fingerprint density at radius 1 is 1.64 bits per heavy atom. The average molecular weight is 211 g/mol. The molecule has 0 unspecified atom stereocenters. The first-order valence-corrected chi connectivity index (χ1v) is 4.26. The van der Waals surface area contributed by atoms with Gasteiger partial charge < -0.3 is 10.8 Å². The molecule has 0 fully saturated rings. The molecule has 0 amide bonds. The van der Waals surface area contributed by atoms with Gasteiger partial charge in [0, 0.05) is 0 Å². The quantitative estimate of drug-likeness (QED) is 0.333. The fraction of sp³-hybridized carbons (Fsp3) is 0.111. The van der Waals surface area contributed by atoms with E-state index in [4.69, 9.17) is 22.6 Å². The molecule has 0 radical (unpaired) electrons. The van der Waals surface area contributed by atoms with E-state index in [2.05, 4.69) is 0 Å². The van der Waals surface area contributed by atoms with Crippen molar-refractivity contribution in [1.29, 1.82) is 5.26 Å². The van der Waals surface area contributed by atoms with Gasteiger partial charge in [0.05, 0.1) is 22.7 Å². The fourth-order valence-corrected chi connectivity index (χ4v) is 1.21. The lowest BCUT2D eigenvalue weighted by molar-refractivity contribution is 0.101. The molecule has 14 heavy (non-hydrogen) atoms. The molecule has 1 aromatic rings. The van der Waals surface area contributed by atoms with E-state index in [0.717, 1.165) is 0 Å². The molecule has 4 nitrogen and oxygen atoms in total. The van der Waals surface area contributed by atoms with Crippen LogP contribution in [0.3, 0.4) is 0 Å². The Balaban J connectivity index is 3.47. The summed E-state index contributed by atoms with van der Waals surface area (Å²) in [6, 6.07) is 4.38. The highest BCUT2D eigenvalue weighted by molar-refractivity contribution is 6.31. The number of carbonyl (C=O) groups is 1. The van der Waals surface area contributed by atoms with Crippen molar-refractivity contribution >= 4 is 23.1 Å². The third-order valence-corrected chi connectivity index (χ3v) is 1.97. The number of carbonyl (C=O) groups excluding carboxylic acids is 1. The van der Waals surface area contributed by atoms with Crippen LogP contribution < -0.4 is 5.73 Å². The van der Waals surface area contributed by atoms with Gasteiger partial charge in [-0.15, -0.1) is 11.6 Å². The zero-order chi connectivity index (χ0) is 10.7. The predicted molar refractivity (Wildman–Crippen MR) is 52.3 cm³/mol. The van der Waals surface area contributed by atoms with Crippen LogP contribution in [-0.2, 0) is 0 Å². The fourth-order valence-electron chi connectivity index (χ4n) is 1.08. The molecule has 1 rings (SSSR count). The lowest BCUT2D eigenvalue weighted by atomic mass is 10.0. The summed E-state index contributed by atoms with van der Waals surface area (Å²) in [4.78, 5) is 11.3. The van der Waals surface area contributed by atoms with Crippen molar-refractivity contribution < 1.29 is 9.90 Å². The van der Waals surface area contributed by atoms with Crippen molar-refractivity contribution in [3.63, 3.8) is 0 Å². The van der Waals surface area contributed by atoms with Gasteiger partial charge >= 0.3 is 0 Å². The molecule has 72 valence electrons. The van der Waals surface area contributed by atoms with E-state index in [1.54, 1.807) is 6.07 Å². The molecule has 5 heteroatoms. The first-order chi connectivity index (χ1) is 6.61. The van der Waals surface area contributed by atoms with Crippen LogP contribution in [0, 0.1) is 11.3 Å². The molecular formula is C9H7ClN2O2. The van der Waals surface area contributed by atoms with Crippen molar-refractivity contribution in [2.75, 3.05) is 11.6 Å². The second-order valence-corrected chi connectivity index (χ2v) is 2.86. The minimum atomic E-state index is -0.520. The number of hydrogen-bond donors (Lipinski definition) is 2. The van der Waals surface area contributed by atoms with E-state index in [9.17, 15) is 9.90 Å². The standard InChI is InChI=1S/C9H7ClN2O2/c10-3-8(14)9-5(4-11)6(12)1-2-7(9)13/h1-2,13H,3,12H2. The number of nitriles is 1. The summed E-state index contributed by atoms with van der Waals surface area (Å²) < 4.78 is 0. The average Bonchev–Trinajstić information content (AvgIpc) is 2.19. The number of Topliss-reactive ketones (excluding diaryl/α,β-unsaturated/α-hetero) is 1. The third-order valence-electron chi connectivity index (χ3n) is 1.73. The first-order valence-electron chi connectivity index (χ1n) is 3.72. The summed E-state index contributed by atoms with van der Waals surface area (Å²) in [7, 11) is 0. The first kappa shape index (κ1) is 10.4. The Morgan fingerprint density at radius 2 is 2.29 bits per heavy atom. The molecule has 3 N–H and O–H groups in total. The number of anilines is 1. The lowest BCUT2D eigenvalue weighted by Gasteiger charge is -2.05. The molecule has 0 spiro atoms. The van der Waals surface area contributed by atoms with Gasteiger partial charge in [0.2, 0.25) is 0 Å². The third kappa shape index (κ3) is 1.63. The van der Waals surface area contributed by atoms with Gasteiger partial charge in [-0.05, 0) is 12.1 Å². The van der Waals surface area contributed by atoms with Crippen LogP contribution in [0.4, 0.5) is 5.69 Å². The molecule has 1 aromatic carbocycles. The number of ketones is 1. The van der Waals surface area contributed by atoms with E-state index < -0.39 is 5.78 Å². The highest BCUT2D eigenvalue weighted by Gasteiger charge is 2.17. The number of nitrogens with two attached hydrogens (primary N) is 1. The topological polar surface area (TPSA) is 87.1 Å². The summed E-state index contributed by atoms with van der Waals surface area (Å²) >= 11 is 5.33. The summed E-state index contributed by atoms with van der Waals surface area (Å²) in [5.41, 5.74) is 5.48. The number of halogens is 1. The van der Waals surface area contributed by atoms with Gasteiger partial charge in [-0.3, -0.25) is 4.79 Å². The zero-order valence-corrected chi connectivity index (χ0v) is 7.88. The van der Waals surface area contributed by atoms with Crippen molar-refractivity contribution in [3.05, 3.63) is 23.3 Å². The summed E-state index contributed by atoms with van der Waals surface area (Å²) in [6.45, 7) is 0. The van der Waals surface area contributed by atoms with Crippen molar-refractivity contribution in [2.45, 2.75) is 0 Å². The number of nitrogen functional groups attached to an aromatic ring is 1. The predicted octanol–water partition coefficient (Wildman–Crippen LogP) is 1.27. The number of phenolic OH excluding ortho intramolecular Hbond substituents is 1. The molecule has 0 aliphatic carbocycles. The van der Waals surface area contributed by atoms with E-state index in [-0.39, 0.29) is 28.4 Å². The summed E-state index contributed by atoms with van der Waals surface area (Å²) in [6.07, 6.45) is 0. The Bertz CT molecular complexity index is 424. The SMILES string of the molecule is N#Cc1c(N)ccc(O)c1C(=O)CCl. The molecule has 0 atom stereocenters. The smallest absolute Gasteiger partial charge is 0.182 e. The number of hydrogen-bond acceptors (Lipinski definition) is 4. The van der Waals surface area contributed by atoms with E-state index in [1.807, 2.05) is 0 Å². The van der Waals surface area contributed by atoms with Gasteiger partial charge in [0.15, 0.2) is 5.78 Å². The van der Waals surface area contributed by atoms with Crippen LogP contribution in [0.15, 0.2) is 12.1 Å². The largest absolute Gasteiger partial charge is 0.507 e. The summed E-state index contributed by atoms with van der Waals surface area (Å²) in [5, 5.41) is 18.1.